The van der Waals surface area contributed by atoms with Crippen LogP contribution in [0.25, 0.3) is 0 Å². The average Bonchev–Trinajstić information content (AvgIpc) is 2.38. The van der Waals surface area contributed by atoms with Gasteiger partial charge in [-0.25, -0.2) is 0 Å². The van der Waals surface area contributed by atoms with Gasteiger partial charge < -0.3 is 19.7 Å². The number of carboxylic acids is 1. The zero-order chi connectivity index (χ0) is 13.5. The van der Waals surface area contributed by atoms with Gasteiger partial charge in [0.15, 0.2) is 0 Å². The van der Waals surface area contributed by atoms with E-state index in [1.54, 1.807) is 25.3 Å². The van der Waals surface area contributed by atoms with E-state index in [9.17, 15) is 4.79 Å². The molecule has 0 saturated carbocycles. The Morgan fingerprint density at radius 3 is 2.61 bits per heavy atom. The van der Waals surface area contributed by atoms with Crippen LogP contribution in [0.2, 0.25) is 0 Å². The molecule has 0 heterocycles. The lowest BCUT2D eigenvalue weighted by atomic mass is 10.1. The number of aliphatic carboxylic acids is 1. The Bertz CT molecular complexity index is 407. The van der Waals surface area contributed by atoms with Crippen molar-refractivity contribution >= 4 is 5.97 Å². The van der Waals surface area contributed by atoms with Crippen LogP contribution in [0.5, 0.6) is 11.5 Å². The van der Waals surface area contributed by atoms with Gasteiger partial charge in [0.1, 0.15) is 17.5 Å². The van der Waals surface area contributed by atoms with Crippen molar-refractivity contribution in [2.75, 3.05) is 20.8 Å². The van der Waals surface area contributed by atoms with Crippen LogP contribution in [0.3, 0.4) is 0 Å². The monoisotopic (exact) mass is 255 g/mol. The number of hydrogen-bond donors (Lipinski definition) is 3. The maximum absolute atomic E-state index is 10.8. The maximum atomic E-state index is 10.8. The highest BCUT2D eigenvalue weighted by molar-refractivity contribution is 5.73. The molecule has 0 fully saturated rings. The Kier molecular flexibility index (Phi) is 5.41. The average molecular weight is 255 g/mol. The van der Waals surface area contributed by atoms with Gasteiger partial charge in [-0.3, -0.25) is 10.1 Å². The van der Waals surface area contributed by atoms with Gasteiger partial charge in [0.05, 0.1) is 20.8 Å². The van der Waals surface area contributed by atoms with Gasteiger partial charge in [0.25, 0.3) is 0 Å². The first-order chi connectivity index (χ1) is 8.62. The van der Waals surface area contributed by atoms with Crippen molar-refractivity contribution < 1.29 is 24.5 Å². The second-order valence-electron chi connectivity index (χ2n) is 3.63. The standard InChI is InChI=1S/C12H17NO5/c1-17-9-3-4-11(18-2)8(5-9)6-13-10(7-14)12(15)16/h3-5,10,13-14H,6-7H2,1-2H3,(H,15,16). The van der Waals surface area contributed by atoms with Crippen LogP contribution in [0.15, 0.2) is 18.2 Å². The summed E-state index contributed by atoms with van der Waals surface area (Å²) in [6, 6.07) is 4.25. The largest absolute Gasteiger partial charge is 0.497 e. The molecule has 6 heteroatoms. The lowest BCUT2D eigenvalue weighted by Gasteiger charge is -2.14. The highest BCUT2D eigenvalue weighted by Crippen LogP contribution is 2.23. The molecule has 0 bridgehead atoms. The van der Waals surface area contributed by atoms with Crippen molar-refractivity contribution in [2.45, 2.75) is 12.6 Å². The molecule has 0 saturated heterocycles. The van der Waals surface area contributed by atoms with E-state index in [4.69, 9.17) is 19.7 Å². The molecule has 0 aliphatic rings. The molecule has 1 unspecified atom stereocenters. The van der Waals surface area contributed by atoms with Crippen LogP contribution in [0, 0.1) is 0 Å². The summed E-state index contributed by atoms with van der Waals surface area (Å²) < 4.78 is 10.3. The number of aliphatic hydroxyl groups is 1. The molecular formula is C12H17NO5. The molecule has 0 spiro atoms. The van der Waals surface area contributed by atoms with Crippen molar-refractivity contribution in [3.05, 3.63) is 23.8 Å². The van der Waals surface area contributed by atoms with Crippen LogP contribution >= 0.6 is 0 Å². The fourth-order valence-corrected chi connectivity index (χ4v) is 1.48. The molecule has 1 aromatic carbocycles. The van der Waals surface area contributed by atoms with Crippen molar-refractivity contribution in [3.8, 4) is 11.5 Å². The first-order valence-corrected chi connectivity index (χ1v) is 5.40. The normalized spacial score (nSPS) is 11.9. The number of hydrogen-bond acceptors (Lipinski definition) is 5. The van der Waals surface area contributed by atoms with E-state index in [0.29, 0.717) is 11.5 Å². The third kappa shape index (κ3) is 3.61. The number of carboxylic acid groups (broad SMARTS) is 1. The number of benzene rings is 1. The minimum atomic E-state index is -1.10. The first-order valence-electron chi connectivity index (χ1n) is 5.40. The molecular weight excluding hydrogens is 238 g/mol. The fraction of sp³-hybridized carbons (Fsp3) is 0.417. The van der Waals surface area contributed by atoms with E-state index in [0.717, 1.165) is 5.56 Å². The molecule has 6 nitrogen and oxygen atoms in total. The van der Waals surface area contributed by atoms with Gasteiger partial charge in [-0.2, -0.15) is 0 Å². The summed E-state index contributed by atoms with van der Waals surface area (Å²) in [7, 11) is 3.08. The van der Waals surface area contributed by atoms with E-state index < -0.39 is 18.6 Å². The molecule has 1 rings (SSSR count). The van der Waals surface area contributed by atoms with Crippen LogP contribution in [0.4, 0.5) is 0 Å². The number of rotatable bonds is 7. The van der Waals surface area contributed by atoms with Crippen LogP contribution in [-0.2, 0) is 11.3 Å². The second kappa shape index (κ2) is 6.83. The summed E-state index contributed by atoms with van der Waals surface area (Å²) in [5, 5.41) is 20.4. The van der Waals surface area contributed by atoms with Gasteiger partial charge >= 0.3 is 5.97 Å². The van der Waals surface area contributed by atoms with E-state index in [1.165, 1.54) is 7.11 Å². The minimum absolute atomic E-state index is 0.262. The predicted molar refractivity (Wildman–Crippen MR) is 64.9 cm³/mol. The van der Waals surface area contributed by atoms with Gasteiger partial charge in [-0.1, -0.05) is 0 Å². The zero-order valence-electron chi connectivity index (χ0n) is 10.3. The number of methoxy groups -OCH3 is 2. The van der Waals surface area contributed by atoms with Gasteiger partial charge in [0, 0.05) is 12.1 Å². The van der Waals surface area contributed by atoms with Crippen molar-refractivity contribution in [3.63, 3.8) is 0 Å². The molecule has 0 aromatic heterocycles. The minimum Gasteiger partial charge on any atom is -0.497 e. The molecule has 0 amide bonds. The SMILES string of the molecule is COc1ccc(OC)c(CNC(CO)C(=O)O)c1. The smallest absolute Gasteiger partial charge is 0.323 e. The van der Waals surface area contributed by atoms with E-state index in [1.807, 2.05) is 0 Å². The van der Waals surface area contributed by atoms with Crippen LogP contribution in [-0.4, -0.2) is 43.1 Å². The number of aliphatic hydroxyl groups excluding tert-OH is 1. The van der Waals surface area contributed by atoms with Gasteiger partial charge in [-0.05, 0) is 18.2 Å². The van der Waals surface area contributed by atoms with E-state index in [2.05, 4.69) is 5.32 Å². The third-order valence-corrected chi connectivity index (χ3v) is 2.51. The number of ether oxygens (including phenoxy) is 2. The Morgan fingerprint density at radius 2 is 2.11 bits per heavy atom. The molecule has 0 radical (unpaired) electrons. The Morgan fingerprint density at radius 1 is 1.39 bits per heavy atom. The highest BCUT2D eigenvalue weighted by atomic mass is 16.5. The van der Waals surface area contributed by atoms with Gasteiger partial charge in [0.2, 0.25) is 0 Å². The summed E-state index contributed by atoms with van der Waals surface area (Å²) in [5.41, 5.74) is 0.761. The lowest BCUT2D eigenvalue weighted by molar-refractivity contribution is -0.140. The Hall–Kier alpha value is -1.79. The summed E-state index contributed by atoms with van der Waals surface area (Å²) in [6.07, 6.45) is 0. The molecule has 3 N–H and O–H groups in total. The van der Waals surface area contributed by atoms with E-state index >= 15 is 0 Å². The zero-order valence-corrected chi connectivity index (χ0v) is 10.3. The van der Waals surface area contributed by atoms with Crippen molar-refractivity contribution in [1.82, 2.24) is 5.32 Å². The molecule has 0 aliphatic heterocycles. The van der Waals surface area contributed by atoms with Crippen molar-refractivity contribution in [2.24, 2.45) is 0 Å². The van der Waals surface area contributed by atoms with E-state index in [-0.39, 0.29) is 6.54 Å². The summed E-state index contributed by atoms with van der Waals surface area (Å²) in [4.78, 5) is 10.8. The Balaban J connectivity index is 2.78. The maximum Gasteiger partial charge on any atom is 0.323 e. The molecule has 1 atom stereocenters. The summed E-state index contributed by atoms with van der Waals surface area (Å²) >= 11 is 0. The topological polar surface area (TPSA) is 88.0 Å². The van der Waals surface area contributed by atoms with Crippen LogP contribution in [0.1, 0.15) is 5.56 Å². The number of carbonyl (C=O) groups is 1. The summed E-state index contributed by atoms with van der Waals surface area (Å²) in [6.45, 7) is -0.209. The molecule has 100 valence electrons. The molecule has 18 heavy (non-hydrogen) atoms. The second-order valence-corrected chi connectivity index (χ2v) is 3.63. The molecule has 0 aliphatic carbocycles. The summed E-state index contributed by atoms with van der Waals surface area (Å²) in [5.74, 6) is 0.188. The Labute approximate surface area is 105 Å². The van der Waals surface area contributed by atoms with Gasteiger partial charge in [-0.15, -0.1) is 0 Å². The third-order valence-electron chi connectivity index (χ3n) is 2.51. The van der Waals surface area contributed by atoms with Crippen LogP contribution < -0.4 is 14.8 Å². The fourth-order valence-electron chi connectivity index (χ4n) is 1.48. The highest BCUT2D eigenvalue weighted by Gasteiger charge is 2.16. The predicted octanol–water partition coefficient (Wildman–Crippen LogP) is 0.239. The molecule has 1 aromatic rings. The lowest BCUT2D eigenvalue weighted by Crippen LogP contribution is -2.39. The number of nitrogens with one attached hydrogen (secondary N) is 1. The quantitative estimate of drug-likeness (QED) is 0.647. The van der Waals surface area contributed by atoms with Crippen molar-refractivity contribution in [1.29, 1.82) is 0 Å². The first kappa shape index (κ1) is 14.3.